The molecule has 9 nitrogen and oxygen atoms in total. The van der Waals surface area contributed by atoms with Crippen molar-refractivity contribution in [3.8, 4) is 0 Å². The van der Waals surface area contributed by atoms with Gasteiger partial charge in [-0.3, -0.25) is 9.78 Å². The Morgan fingerprint density at radius 3 is 2.94 bits per heavy atom. The number of piperidine rings is 1. The van der Waals surface area contributed by atoms with Crippen molar-refractivity contribution in [1.82, 2.24) is 19.8 Å². The Morgan fingerprint density at radius 2 is 2.19 bits per heavy atom. The largest absolute Gasteiger partial charge is 0.465 e. The van der Waals surface area contributed by atoms with E-state index in [4.69, 9.17) is 8.94 Å². The first-order valence-corrected chi connectivity index (χ1v) is 11.7. The maximum Gasteiger partial charge on any atom is 0.248 e. The molecule has 168 valence electrons. The van der Waals surface area contributed by atoms with E-state index < -0.39 is 15.9 Å². The van der Waals surface area contributed by atoms with Crippen molar-refractivity contribution in [2.24, 2.45) is 5.92 Å². The molecular formula is C22H24N4O5S. The van der Waals surface area contributed by atoms with Crippen molar-refractivity contribution in [3.05, 3.63) is 65.7 Å². The second-order valence-electron chi connectivity index (χ2n) is 7.59. The summed E-state index contributed by atoms with van der Waals surface area (Å²) in [7, 11) is -3.90. The average molecular weight is 457 g/mol. The number of hydrogen-bond acceptors (Lipinski definition) is 7. The molecule has 32 heavy (non-hydrogen) atoms. The van der Waals surface area contributed by atoms with E-state index in [0.29, 0.717) is 31.7 Å². The molecule has 1 amide bonds. The van der Waals surface area contributed by atoms with Crippen LogP contribution in [0.2, 0.25) is 0 Å². The van der Waals surface area contributed by atoms with E-state index in [0.717, 1.165) is 5.56 Å². The first-order valence-electron chi connectivity index (χ1n) is 10.3. The van der Waals surface area contributed by atoms with E-state index in [9.17, 15) is 13.2 Å². The summed E-state index contributed by atoms with van der Waals surface area (Å²) < 4.78 is 38.7. The third kappa shape index (κ3) is 4.81. The van der Waals surface area contributed by atoms with Gasteiger partial charge in [-0.2, -0.15) is 4.31 Å². The molecule has 1 atom stereocenters. The zero-order valence-corrected chi connectivity index (χ0v) is 18.4. The monoisotopic (exact) mass is 456 g/mol. The van der Waals surface area contributed by atoms with Gasteiger partial charge in [0, 0.05) is 32.0 Å². The number of hydrogen-bond donors (Lipinski definition) is 1. The SMILES string of the molecule is Cc1noc(/C=C/c2ccco2)c1S(=O)(=O)N1CCCC(C(=O)NCc2cccnc2)C1. The molecule has 4 rings (SSSR count). The minimum absolute atomic E-state index is 0.0109. The van der Waals surface area contributed by atoms with Gasteiger partial charge in [-0.25, -0.2) is 8.42 Å². The highest BCUT2D eigenvalue weighted by atomic mass is 32.2. The van der Waals surface area contributed by atoms with Crippen LogP contribution in [0.5, 0.6) is 0 Å². The zero-order valence-electron chi connectivity index (χ0n) is 17.6. The Hall–Kier alpha value is -3.24. The fourth-order valence-electron chi connectivity index (χ4n) is 3.68. The summed E-state index contributed by atoms with van der Waals surface area (Å²) >= 11 is 0. The van der Waals surface area contributed by atoms with Crippen LogP contribution < -0.4 is 5.32 Å². The van der Waals surface area contributed by atoms with Crippen LogP contribution in [0.1, 0.15) is 35.6 Å². The van der Waals surface area contributed by atoms with Gasteiger partial charge in [0.25, 0.3) is 0 Å². The fourth-order valence-corrected chi connectivity index (χ4v) is 5.46. The van der Waals surface area contributed by atoms with Gasteiger partial charge in [0.2, 0.25) is 15.9 Å². The Morgan fingerprint density at radius 1 is 1.31 bits per heavy atom. The Bertz CT molecular complexity index is 1190. The minimum Gasteiger partial charge on any atom is -0.465 e. The van der Waals surface area contributed by atoms with E-state index in [1.54, 1.807) is 43.6 Å². The standard InChI is InChI=1S/C22H24N4O5S/c1-16-21(20(31-25-16)9-8-19-7-4-12-30-19)32(28,29)26-11-3-6-18(15-26)22(27)24-14-17-5-2-10-23-13-17/h2,4-5,7-10,12-13,18H,3,6,11,14-15H2,1H3,(H,24,27)/b9-8+. The number of amides is 1. The Balaban J connectivity index is 1.48. The zero-order chi connectivity index (χ0) is 22.6. The van der Waals surface area contributed by atoms with Gasteiger partial charge in [0.05, 0.1) is 12.2 Å². The highest BCUT2D eigenvalue weighted by Crippen LogP contribution is 2.29. The third-order valence-corrected chi connectivity index (χ3v) is 7.34. The summed E-state index contributed by atoms with van der Waals surface area (Å²) in [5, 5.41) is 6.73. The van der Waals surface area contributed by atoms with Crippen LogP contribution in [0.4, 0.5) is 0 Å². The number of carbonyl (C=O) groups excluding carboxylic acids is 1. The molecule has 0 radical (unpaired) electrons. The number of nitrogens with zero attached hydrogens (tertiary/aromatic N) is 3. The van der Waals surface area contributed by atoms with Gasteiger partial charge in [0.1, 0.15) is 11.5 Å². The van der Waals surface area contributed by atoms with Crippen LogP contribution in [-0.2, 0) is 21.4 Å². The van der Waals surface area contributed by atoms with Crippen molar-refractivity contribution < 1.29 is 22.2 Å². The summed E-state index contributed by atoms with van der Waals surface area (Å²) in [6.07, 6.45) is 9.23. The number of sulfonamides is 1. The average Bonchev–Trinajstić information content (AvgIpc) is 3.46. The molecule has 1 N–H and O–H groups in total. The number of aromatic nitrogens is 2. The topological polar surface area (TPSA) is 119 Å². The van der Waals surface area contributed by atoms with Crippen LogP contribution in [0.15, 0.2) is 56.8 Å². The van der Waals surface area contributed by atoms with Crippen LogP contribution in [0.25, 0.3) is 12.2 Å². The summed E-state index contributed by atoms with van der Waals surface area (Å²) in [6, 6.07) is 7.15. The van der Waals surface area contributed by atoms with E-state index in [2.05, 4.69) is 15.5 Å². The molecule has 0 bridgehead atoms. The van der Waals surface area contributed by atoms with Gasteiger partial charge in [-0.15, -0.1) is 0 Å². The normalized spacial score (nSPS) is 17.6. The molecule has 0 spiro atoms. The highest BCUT2D eigenvalue weighted by molar-refractivity contribution is 7.89. The second-order valence-corrected chi connectivity index (χ2v) is 9.47. The van der Waals surface area contributed by atoms with E-state index in [1.165, 1.54) is 16.6 Å². The van der Waals surface area contributed by atoms with Gasteiger partial charge in [-0.05, 0) is 55.7 Å². The summed E-state index contributed by atoms with van der Waals surface area (Å²) in [4.78, 5) is 16.7. The van der Waals surface area contributed by atoms with Gasteiger partial charge in [0.15, 0.2) is 10.7 Å². The first kappa shape index (κ1) is 22.0. The first-order chi connectivity index (χ1) is 15.4. The summed E-state index contributed by atoms with van der Waals surface area (Å²) in [5.74, 6) is 0.0824. The number of carbonyl (C=O) groups is 1. The Kier molecular flexibility index (Phi) is 6.52. The molecule has 1 aliphatic heterocycles. The molecule has 1 unspecified atom stereocenters. The number of pyridine rings is 1. The molecule has 0 aliphatic carbocycles. The molecule has 1 fully saturated rings. The number of furan rings is 1. The molecule has 0 aromatic carbocycles. The highest BCUT2D eigenvalue weighted by Gasteiger charge is 2.36. The van der Waals surface area contributed by atoms with Crippen molar-refractivity contribution in [2.75, 3.05) is 13.1 Å². The maximum atomic E-state index is 13.4. The number of rotatable bonds is 7. The van der Waals surface area contributed by atoms with Crippen LogP contribution in [0.3, 0.4) is 0 Å². The molecule has 4 heterocycles. The van der Waals surface area contributed by atoms with Crippen molar-refractivity contribution in [1.29, 1.82) is 0 Å². The Labute approximate surface area is 186 Å². The lowest BCUT2D eigenvalue weighted by Crippen LogP contribution is -2.45. The minimum atomic E-state index is -3.90. The summed E-state index contributed by atoms with van der Waals surface area (Å²) in [5.41, 5.74) is 1.15. The molecule has 3 aromatic heterocycles. The third-order valence-electron chi connectivity index (χ3n) is 5.32. The molecule has 3 aromatic rings. The smallest absolute Gasteiger partial charge is 0.248 e. The van der Waals surface area contributed by atoms with E-state index >= 15 is 0 Å². The maximum absolute atomic E-state index is 13.4. The number of nitrogens with one attached hydrogen (secondary N) is 1. The summed E-state index contributed by atoms with van der Waals surface area (Å²) in [6.45, 7) is 2.37. The molecule has 1 saturated heterocycles. The van der Waals surface area contributed by atoms with E-state index in [-0.39, 0.29) is 28.8 Å². The molecular weight excluding hydrogens is 432 g/mol. The van der Waals surface area contributed by atoms with Crippen molar-refractivity contribution >= 4 is 28.1 Å². The van der Waals surface area contributed by atoms with Crippen molar-refractivity contribution in [2.45, 2.75) is 31.2 Å². The number of aryl methyl sites for hydroxylation is 1. The van der Waals surface area contributed by atoms with Crippen LogP contribution in [-0.4, -0.2) is 41.9 Å². The fraction of sp³-hybridized carbons (Fsp3) is 0.318. The lowest BCUT2D eigenvalue weighted by atomic mass is 9.99. The van der Waals surface area contributed by atoms with Crippen LogP contribution in [0, 0.1) is 12.8 Å². The lowest BCUT2D eigenvalue weighted by Gasteiger charge is -2.31. The predicted octanol–water partition coefficient (Wildman–Crippen LogP) is 2.86. The quantitative estimate of drug-likeness (QED) is 0.581. The predicted molar refractivity (Wildman–Crippen MR) is 116 cm³/mol. The van der Waals surface area contributed by atoms with Gasteiger partial charge < -0.3 is 14.3 Å². The second kappa shape index (κ2) is 9.49. The lowest BCUT2D eigenvalue weighted by molar-refractivity contribution is -0.126. The van der Waals surface area contributed by atoms with E-state index in [1.807, 2.05) is 6.07 Å². The molecule has 10 heteroatoms. The van der Waals surface area contributed by atoms with Gasteiger partial charge in [-0.1, -0.05) is 11.2 Å². The molecule has 0 saturated carbocycles. The molecule has 1 aliphatic rings. The van der Waals surface area contributed by atoms with Gasteiger partial charge >= 0.3 is 0 Å². The van der Waals surface area contributed by atoms with Crippen LogP contribution >= 0.6 is 0 Å². The van der Waals surface area contributed by atoms with Crippen molar-refractivity contribution in [3.63, 3.8) is 0 Å².